The molecule has 2 rings (SSSR count). The number of piperazine rings is 1. The van der Waals surface area contributed by atoms with Gasteiger partial charge in [-0.25, -0.2) is 4.98 Å². The second-order valence-corrected chi connectivity index (χ2v) is 8.05. The van der Waals surface area contributed by atoms with Crippen LogP contribution >= 0.6 is 11.3 Å². The van der Waals surface area contributed by atoms with E-state index in [0.29, 0.717) is 17.7 Å². The van der Waals surface area contributed by atoms with Crippen LogP contribution in [-0.4, -0.2) is 60.0 Å². The number of thiazole rings is 1. The molecule has 124 valence electrons. The summed E-state index contributed by atoms with van der Waals surface area (Å²) in [4.78, 5) is 21.2. The Morgan fingerprint density at radius 1 is 1.32 bits per heavy atom. The quantitative estimate of drug-likeness (QED) is 0.898. The number of rotatable bonds is 5. The van der Waals surface area contributed by atoms with Crippen LogP contribution in [-0.2, 0) is 6.42 Å². The van der Waals surface area contributed by atoms with Crippen LogP contribution < -0.4 is 5.73 Å². The SMILES string of the molecule is CC(C)(C)CCN1CCN(C(=O)c2csc(CCN)n2)CC1. The molecule has 0 unspecified atom stereocenters. The second-order valence-electron chi connectivity index (χ2n) is 7.11. The average Bonchev–Trinajstić information content (AvgIpc) is 2.93. The summed E-state index contributed by atoms with van der Waals surface area (Å²) < 4.78 is 0. The molecule has 1 aromatic heterocycles. The fraction of sp³-hybridized carbons (Fsp3) is 0.750. The van der Waals surface area contributed by atoms with Crippen molar-refractivity contribution in [3.63, 3.8) is 0 Å². The van der Waals surface area contributed by atoms with Gasteiger partial charge in [0.15, 0.2) is 0 Å². The van der Waals surface area contributed by atoms with E-state index in [-0.39, 0.29) is 5.91 Å². The molecule has 22 heavy (non-hydrogen) atoms. The van der Waals surface area contributed by atoms with Crippen LogP contribution in [0.4, 0.5) is 0 Å². The summed E-state index contributed by atoms with van der Waals surface area (Å²) in [5.41, 5.74) is 6.48. The molecule has 5 nitrogen and oxygen atoms in total. The van der Waals surface area contributed by atoms with E-state index in [1.54, 1.807) is 0 Å². The molecule has 0 aliphatic carbocycles. The van der Waals surface area contributed by atoms with Gasteiger partial charge in [-0.05, 0) is 24.9 Å². The smallest absolute Gasteiger partial charge is 0.273 e. The van der Waals surface area contributed by atoms with Crippen molar-refractivity contribution in [1.29, 1.82) is 0 Å². The van der Waals surface area contributed by atoms with Gasteiger partial charge in [-0.2, -0.15) is 0 Å². The number of aromatic nitrogens is 1. The third-order valence-corrected chi connectivity index (χ3v) is 4.88. The second kappa shape index (κ2) is 7.53. The van der Waals surface area contributed by atoms with Crippen molar-refractivity contribution < 1.29 is 4.79 Å². The number of hydrogen-bond donors (Lipinski definition) is 1. The van der Waals surface area contributed by atoms with E-state index in [1.165, 1.54) is 17.8 Å². The third-order valence-electron chi connectivity index (χ3n) is 3.97. The van der Waals surface area contributed by atoms with E-state index in [0.717, 1.165) is 44.2 Å². The highest BCUT2D eigenvalue weighted by Gasteiger charge is 2.24. The molecule has 0 aromatic carbocycles. The summed E-state index contributed by atoms with van der Waals surface area (Å²) in [6, 6.07) is 0. The summed E-state index contributed by atoms with van der Waals surface area (Å²) in [6.07, 6.45) is 1.94. The minimum atomic E-state index is 0.0648. The maximum atomic E-state index is 12.5. The Morgan fingerprint density at radius 3 is 2.59 bits per heavy atom. The average molecular weight is 324 g/mol. The Labute approximate surface area is 137 Å². The number of carbonyl (C=O) groups excluding carboxylic acids is 1. The Bertz CT molecular complexity index is 487. The Kier molecular flexibility index (Phi) is 5.94. The van der Waals surface area contributed by atoms with Gasteiger partial charge in [0.05, 0.1) is 5.01 Å². The van der Waals surface area contributed by atoms with E-state index >= 15 is 0 Å². The first-order valence-corrected chi connectivity index (χ1v) is 8.93. The minimum absolute atomic E-state index is 0.0648. The maximum Gasteiger partial charge on any atom is 0.273 e. The van der Waals surface area contributed by atoms with Crippen LogP contribution in [0.3, 0.4) is 0 Å². The van der Waals surface area contributed by atoms with Gasteiger partial charge in [-0.1, -0.05) is 20.8 Å². The molecule has 1 saturated heterocycles. The first-order valence-electron chi connectivity index (χ1n) is 8.05. The van der Waals surface area contributed by atoms with Crippen molar-refractivity contribution in [2.45, 2.75) is 33.6 Å². The molecule has 0 atom stereocenters. The summed E-state index contributed by atoms with van der Waals surface area (Å²) in [5.74, 6) is 0.0648. The standard InChI is InChI=1S/C16H28N4OS/c1-16(2,3)5-7-19-8-10-20(11-9-19)15(21)13-12-22-14(18-13)4-6-17/h12H,4-11,17H2,1-3H3. The highest BCUT2D eigenvalue weighted by Crippen LogP contribution is 2.19. The van der Waals surface area contributed by atoms with Gasteiger partial charge in [0, 0.05) is 38.0 Å². The van der Waals surface area contributed by atoms with Gasteiger partial charge >= 0.3 is 0 Å². The molecule has 0 spiro atoms. The lowest BCUT2D eigenvalue weighted by molar-refractivity contribution is 0.0618. The van der Waals surface area contributed by atoms with Gasteiger partial charge in [-0.3, -0.25) is 9.69 Å². The Morgan fingerprint density at radius 2 is 2.00 bits per heavy atom. The zero-order chi connectivity index (χ0) is 16.2. The minimum Gasteiger partial charge on any atom is -0.335 e. The normalized spacial score (nSPS) is 17.0. The molecule has 2 N–H and O–H groups in total. The molecule has 0 bridgehead atoms. The molecule has 1 amide bonds. The summed E-state index contributed by atoms with van der Waals surface area (Å²) in [7, 11) is 0. The predicted octanol–water partition coefficient (Wildman–Crippen LogP) is 1.84. The lowest BCUT2D eigenvalue weighted by Crippen LogP contribution is -2.49. The lowest BCUT2D eigenvalue weighted by Gasteiger charge is -2.35. The van der Waals surface area contributed by atoms with Crippen LogP contribution in [0.25, 0.3) is 0 Å². The van der Waals surface area contributed by atoms with Crippen molar-refractivity contribution in [3.05, 3.63) is 16.1 Å². The number of carbonyl (C=O) groups is 1. The fourth-order valence-electron chi connectivity index (χ4n) is 2.48. The van der Waals surface area contributed by atoms with Gasteiger partial charge < -0.3 is 10.6 Å². The lowest BCUT2D eigenvalue weighted by atomic mass is 9.92. The van der Waals surface area contributed by atoms with E-state index < -0.39 is 0 Å². The van der Waals surface area contributed by atoms with Gasteiger partial charge in [0.25, 0.3) is 5.91 Å². The van der Waals surface area contributed by atoms with Crippen LogP contribution in [0.5, 0.6) is 0 Å². The molecule has 0 radical (unpaired) electrons. The highest BCUT2D eigenvalue weighted by molar-refractivity contribution is 7.09. The Hall–Kier alpha value is -0.980. The first kappa shape index (κ1) is 17.4. The Balaban J connectivity index is 1.81. The van der Waals surface area contributed by atoms with Crippen molar-refractivity contribution in [2.75, 3.05) is 39.3 Å². The highest BCUT2D eigenvalue weighted by atomic mass is 32.1. The molecule has 0 saturated carbocycles. The van der Waals surface area contributed by atoms with E-state index in [4.69, 9.17) is 5.73 Å². The van der Waals surface area contributed by atoms with Crippen molar-refractivity contribution in [3.8, 4) is 0 Å². The molecule has 2 heterocycles. The fourth-order valence-corrected chi connectivity index (χ4v) is 3.27. The molecule has 6 heteroatoms. The van der Waals surface area contributed by atoms with E-state index in [9.17, 15) is 4.79 Å². The van der Waals surface area contributed by atoms with Crippen molar-refractivity contribution in [2.24, 2.45) is 11.1 Å². The molecule has 1 fully saturated rings. The summed E-state index contributed by atoms with van der Waals surface area (Å²) in [5, 5.41) is 2.81. The van der Waals surface area contributed by atoms with Crippen molar-refractivity contribution in [1.82, 2.24) is 14.8 Å². The third kappa shape index (κ3) is 5.04. The molecule has 1 aliphatic heterocycles. The summed E-state index contributed by atoms with van der Waals surface area (Å²) >= 11 is 1.53. The summed E-state index contributed by atoms with van der Waals surface area (Å²) in [6.45, 7) is 12.0. The number of nitrogens with two attached hydrogens (primary N) is 1. The first-order chi connectivity index (χ1) is 10.4. The monoisotopic (exact) mass is 324 g/mol. The number of hydrogen-bond acceptors (Lipinski definition) is 5. The largest absolute Gasteiger partial charge is 0.335 e. The van der Waals surface area contributed by atoms with Crippen molar-refractivity contribution >= 4 is 17.2 Å². The number of amides is 1. The maximum absolute atomic E-state index is 12.5. The van der Waals surface area contributed by atoms with Crippen LogP contribution in [0.15, 0.2) is 5.38 Å². The molecular weight excluding hydrogens is 296 g/mol. The molecule has 1 aliphatic rings. The molecular formula is C16H28N4OS. The zero-order valence-electron chi connectivity index (χ0n) is 14.0. The van der Waals surface area contributed by atoms with E-state index in [2.05, 4.69) is 30.7 Å². The van der Waals surface area contributed by atoms with Gasteiger partial charge in [-0.15, -0.1) is 11.3 Å². The van der Waals surface area contributed by atoms with Crippen LogP contribution in [0.1, 0.15) is 42.7 Å². The topological polar surface area (TPSA) is 62.5 Å². The van der Waals surface area contributed by atoms with Crippen LogP contribution in [0, 0.1) is 5.41 Å². The van der Waals surface area contributed by atoms with E-state index in [1.807, 2.05) is 10.3 Å². The van der Waals surface area contributed by atoms with Gasteiger partial charge in [0.1, 0.15) is 5.69 Å². The number of nitrogens with zero attached hydrogens (tertiary/aromatic N) is 3. The van der Waals surface area contributed by atoms with Crippen LogP contribution in [0.2, 0.25) is 0 Å². The van der Waals surface area contributed by atoms with Gasteiger partial charge in [0.2, 0.25) is 0 Å². The predicted molar refractivity (Wildman–Crippen MR) is 91.3 cm³/mol. The zero-order valence-corrected chi connectivity index (χ0v) is 14.8. The molecule has 1 aromatic rings.